The fourth-order valence-electron chi connectivity index (χ4n) is 3.48. The van der Waals surface area contributed by atoms with Crippen LogP contribution in [-0.2, 0) is 4.74 Å². The maximum absolute atomic E-state index is 6.48. The number of hydrogen-bond donors (Lipinski definition) is 1. The zero-order valence-corrected chi connectivity index (χ0v) is 13.1. The van der Waals surface area contributed by atoms with Crippen molar-refractivity contribution in [3.8, 4) is 0 Å². The normalized spacial score (nSPS) is 30.1. The number of likely N-dealkylation sites (tertiary alicyclic amines) is 1. The second kappa shape index (κ2) is 6.28. The minimum Gasteiger partial charge on any atom is -0.369 e. The molecule has 5 nitrogen and oxygen atoms in total. The molecule has 0 saturated carbocycles. The first-order valence-electron chi connectivity index (χ1n) is 8.10. The highest BCUT2D eigenvalue weighted by atomic mass is 16.5. The van der Waals surface area contributed by atoms with Gasteiger partial charge in [-0.2, -0.15) is 0 Å². The molecule has 2 saturated heterocycles. The largest absolute Gasteiger partial charge is 0.369 e. The standard InChI is InChI=1S/C16H26N4O/c1-13(2)20-10-7-16(12-20)6-3-5-14(21-16)11-19-15-17-8-4-9-18-15/h4,8-9,13-14H,3,5-7,10-12H2,1-2H3,(H,17,18,19)/t14-,16-/m0/s1. The van der Waals surface area contributed by atoms with Crippen LogP contribution in [0.25, 0.3) is 0 Å². The van der Waals surface area contributed by atoms with E-state index in [0.29, 0.717) is 12.0 Å². The molecule has 3 rings (SSSR count). The van der Waals surface area contributed by atoms with Gasteiger partial charge in [0.1, 0.15) is 0 Å². The van der Waals surface area contributed by atoms with Gasteiger partial charge in [0.15, 0.2) is 0 Å². The zero-order chi connectivity index (χ0) is 14.7. The van der Waals surface area contributed by atoms with Gasteiger partial charge in [0.05, 0.1) is 11.7 Å². The van der Waals surface area contributed by atoms with Crippen molar-refractivity contribution in [2.75, 3.05) is 25.0 Å². The highest BCUT2D eigenvalue weighted by Crippen LogP contribution is 2.37. The lowest BCUT2D eigenvalue weighted by atomic mass is 9.90. The van der Waals surface area contributed by atoms with Crippen LogP contribution in [0.2, 0.25) is 0 Å². The van der Waals surface area contributed by atoms with Crippen LogP contribution in [0.4, 0.5) is 5.95 Å². The van der Waals surface area contributed by atoms with E-state index in [1.54, 1.807) is 12.4 Å². The molecule has 0 unspecified atom stereocenters. The van der Waals surface area contributed by atoms with Gasteiger partial charge in [0.2, 0.25) is 5.95 Å². The summed E-state index contributed by atoms with van der Waals surface area (Å²) in [6.07, 6.45) is 8.55. The molecule has 0 amide bonds. The summed E-state index contributed by atoms with van der Waals surface area (Å²) in [5.74, 6) is 0.691. The summed E-state index contributed by atoms with van der Waals surface area (Å²) in [6.45, 7) is 7.59. The van der Waals surface area contributed by atoms with Gasteiger partial charge in [-0.05, 0) is 45.6 Å². The van der Waals surface area contributed by atoms with Crippen LogP contribution in [0.3, 0.4) is 0 Å². The second-order valence-corrected chi connectivity index (χ2v) is 6.58. The predicted molar refractivity (Wildman–Crippen MR) is 83.3 cm³/mol. The first-order chi connectivity index (χ1) is 10.2. The summed E-state index contributed by atoms with van der Waals surface area (Å²) < 4.78 is 6.48. The molecule has 0 bridgehead atoms. The second-order valence-electron chi connectivity index (χ2n) is 6.58. The molecular weight excluding hydrogens is 264 g/mol. The minimum absolute atomic E-state index is 0.0897. The zero-order valence-electron chi connectivity index (χ0n) is 13.1. The average molecular weight is 290 g/mol. The lowest BCUT2D eigenvalue weighted by molar-refractivity contribution is -0.116. The monoisotopic (exact) mass is 290 g/mol. The van der Waals surface area contributed by atoms with Crippen molar-refractivity contribution in [3.05, 3.63) is 18.5 Å². The van der Waals surface area contributed by atoms with Gasteiger partial charge in [-0.3, -0.25) is 4.90 Å². The van der Waals surface area contributed by atoms with Crippen molar-refractivity contribution in [2.45, 2.75) is 57.3 Å². The van der Waals surface area contributed by atoms with Gasteiger partial charge < -0.3 is 10.1 Å². The SMILES string of the molecule is CC(C)N1CC[C@@]2(CCC[C@@H](CNc3ncccn3)O2)C1. The third-order valence-corrected chi connectivity index (χ3v) is 4.70. The molecular formula is C16H26N4O. The molecule has 21 heavy (non-hydrogen) atoms. The molecule has 1 aromatic rings. The predicted octanol–water partition coefficient (Wildman–Crippen LogP) is 2.31. The van der Waals surface area contributed by atoms with Crippen molar-refractivity contribution < 1.29 is 4.74 Å². The summed E-state index contributed by atoms with van der Waals surface area (Å²) in [6, 6.07) is 2.44. The van der Waals surface area contributed by atoms with E-state index in [-0.39, 0.29) is 11.7 Å². The van der Waals surface area contributed by atoms with Crippen molar-refractivity contribution in [1.82, 2.24) is 14.9 Å². The fraction of sp³-hybridized carbons (Fsp3) is 0.750. The van der Waals surface area contributed by atoms with Crippen LogP contribution >= 0.6 is 0 Å². The van der Waals surface area contributed by atoms with Crippen molar-refractivity contribution in [2.24, 2.45) is 0 Å². The molecule has 2 atom stereocenters. The molecule has 2 aliphatic heterocycles. The summed E-state index contributed by atoms with van der Waals surface area (Å²) in [5.41, 5.74) is 0.0897. The lowest BCUT2D eigenvalue weighted by Gasteiger charge is -2.39. The molecule has 2 fully saturated rings. The highest BCUT2D eigenvalue weighted by Gasteiger charge is 2.43. The summed E-state index contributed by atoms with van der Waals surface area (Å²) in [7, 11) is 0. The maximum atomic E-state index is 6.48. The topological polar surface area (TPSA) is 50.3 Å². The number of hydrogen-bond acceptors (Lipinski definition) is 5. The van der Waals surface area contributed by atoms with Crippen LogP contribution in [0.1, 0.15) is 39.5 Å². The van der Waals surface area contributed by atoms with Crippen molar-refractivity contribution in [1.29, 1.82) is 0 Å². The number of anilines is 1. The van der Waals surface area contributed by atoms with Crippen molar-refractivity contribution >= 4 is 5.95 Å². The Kier molecular flexibility index (Phi) is 4.40. The summed E-state index contributed by atoms with van der Waals surface area (Å²) in [4.78, 5) is 10.9. The summed E-state index contributed by atoms with van der Waals surface area (Å²) >= 11 is 0. The Labute approximate surface area is 127 Å². The molecule has 0 aliphatic carbocycles. The van der Waals surface area contributed by atoms with Crippen LogP contribution in [-0.4, -0.2) is 52.2 Å². The Balaban J connectivity index is 1.54. The molecule has 1 N–H and O–H groups in total. The Morgan fingerprint density at radius 1 is 1.38 bits per heavy atom. The molecule has 2 aliphatic rings. The number of aromatic nitrogens is 2. The third kappa shape index (κ3) is 3.52. The van der Waals surface area contributed by atoms with E-state index in [1.165, 1.54) is 25.8 Å². The number of ether oxygens (including phenoxy) is 1. The average Bonchev–Trinajstić information content (AvgIpc) is 2.90. The quantitative estimate of drug-likeness (QED) is 0.922. The first kappa shape index (κ1) is 14.7. The fourth-order valence-corrected chi connectivity index (χ4v) is 3.48. The molecule has 0 radical (unpaired) electrons. The molecule has 3 heterocycles. The molecule has 1 aromatic heterocycles. The van der Waals surface area contributed by atoms with Gasteiger partial charge in [-0.1, -0.05) is 0 Å². The van der Waals surface area contributed by atoms with Crippen LogP contribution in [0, 0.1) is 0 Å². The van der Waals surface area contributed by atoms with Gasteiger partial charge in [-0.25, -0.2) is 9.97 Å². The van der Waals surface area contributed by atoms with Crippen LogP contribution in [0.15, 0.2) is 18.5 Å². The molecule has 0 aromatic carbocycles. The highest BCUT2D eigenvalue weighted by molar-refractivity contribution is 5.22. The van der Waals surface area contributed by atoms with Crippen LogP contribution in [0.5, 0.6) is 0 Å². The minimum atomic E-state index is 0.0897. The number of nitrogens with one attached hydrogen (secondary N) is 1. The van der Waals surface area contributed by atoms with Gasteiger partial charge in [0.25, 0.3) is 0 Å². The molecule has 116 valence electrons. The Bertz CT molecular complexity index is 453. The van der Waals surface area contributed by atoms with Crippen molar-refractivity contribution in [3.63, 3.8) is 0 Å². The van der Waals surface area contributed by atoms with Crippen LogP contribution < -0.4 is 5.32 Å². The summed E-state index contributed by atoms with van der Waals surface area (Å²) in [5, 5.41) is 3.29. The Morgan fingerprint density at radius 2 is 2.19 bits per heavy atom. The number of rotatable bonds is 4. The molecule has 5 heteroatoms. The van der Waals surface area contributed by atoms with Gasteiger partial charge in [0, 0.05) is 38.1 Å². The van der Waals surface area contributed by atoms with E-state index < -0.39 is 0 Å². The maximum Gasteiger partial charge on any atom is 0.222 e. The Hall–Kier alpha value is -1.20. The smallest absolute Gasteiger partial charge is 0.222 e. The van der Waals surface area contributed by atoms with E-state index in [0.717, 1.165) is 19.5 Å². The first-order valence-corrected chi connectivity index (χ1v) is 8.10. The van der Waals surface area contributed by atoms with E-state index >= 15 is 0 Å². The third-order valence-electron chi connectivity index (χ3n) is 4.70. The number of nitrogens with zero attached hydrogens (tertiary/aromatic N) is 3. The lowest BCUT2D eigenvalue weighted by Crippen LogP contribution is -2.45. The van der Waals surface area contributed by atoms with Gasteiger partial charge >= 0.3 is 0 Å². The Morgan fingerprint density at radius 3 is 2.90 bits per heavy atom. The van der Waals surface area contributed by atoms with E-state index in [9.17, 15) is 0 Å². The van der Waals surface area contributed by atoms with E-state index in [2.05, 4.69) is 34.0 Å². The molecule has 1 spiro atoms. The van der Waals surface area contributed by atoms with E-state index in [4.69, 9.17) is 4.74 Å². The van der Waals surface area contributed by atoms with E-state index in [1.807, 2.05) is 6.07 Å². The van der Waals surface area contributed by atoms with Gasteiger partial charge in [-0.15, -0.1) is 0 Å².